The number of halogens is 1. The average molecular weight is 328 g/mol. The van der Waals surface area contributed by atoms with E-state index in [1.807, 2.05) is 18.2 Å². The van der Waals surface area contributed by atoms with Crippen LogP contribution in [-0.4, -0.2) is 56.2 Å². The van der Waals surface area contributed by atoms with E-state index in [-0.39, 0.29) is 18.2 Å². The third-order valence-electron chi connectivity index (χ3n) is 4.30. The minimum atomic E-state index is -3.32. The Balaban J connectivity index is 1.84. The van der Waals surface area contributed by atoms with Gasteiger partial charge in [-0.15, -0.1) is 0 Å². The molecule has 1 aliphatic heterocycles. The molecule has 0 aliphatic carbocycles. The molecule has 0 saturated carbocycles. The fourth-order valence-corrected chi connectivity index (χ4v) is 4.32. The number of benzene rings is 1. The molecule has 0 amide bonds. The first kappa shape index (κ1) is 17.4. The molecule has 1 fully saturated rings. The van der Waals surface area contributed by atoms with E-state index < -0.39 is 16.7 Å². The quantitative estimate of drug-likeness (QED) is 0.771. The van der Waals surface area contributed by atoms with Gasteiger partial charge in [0.25, 0.3) is 0 Å². The number of hydrogen-bond acceptors (Lipinski definition) is 3. The number of nitrogens with zero attached hydrogens (tertiary/aromatic N) is 2. The summed E-state index contributed by atoms with van der Waals surface area (Å²) in [6.07, 6.45) is 1.75. The van der Waals surface area contributed by atoms with Crippen LogP contribution in [0, 0.1) is 0 Å². The van der Waals surface area contributed by atoms with E-state index in [4.69, 9.17) is 0 Å². The lowest BCUT2D eigenvalue weighted by molar-refractivity contribution is 0.164. The Kier molecular flexibility index (Phi) is 6.35. The summed E-state index contributed by atoms with van der Waals surface area (Å²) in [5.74, 6) is -0.0930. The third-order valence-corrected chi connectivity index (χ3v) is 6.28. The smallest absolute Gasteiger partial charge is 0.214 e. The molecule has 1 heterocycles. The summed E-state index contributed by atoms with van der Waals surface area (Å²) in [6.45, 7) is 2.11. The van der Waals surface area contributed by atoms with E-state index in [1.165, 1.54) is 9.87 Å². The van der Waals surface area contributed by atoms with Crippen LogP contribution >= 0.6 is 0 Å². The summed E-state index contributed by atoms with van der Waals surface area (Å²) in [5, 5.41) is 0. The Morgan fingerprint density at radius 1 is 1.23 bits per heavy atom. The van der Waals surface area contributed by atoms with Crippen LogP contribution in [0.4, 0.5) is 4.39 Å². The van der Waals surface area contributed by atoms with Gasteiger partial charge in [-0.3, -0.25) is 9.29 Å². The van der Waals surface area contributed by atoms with Gasteiger partial charge in [0.05, 0.1) is 12.4 Å². The summed E-state index contributed by atoms with van der Waals surface area (Å²) in [6, 6.07) is 10.3. The molecule has 0 bridgehead atoms. The normalized spacial score (nSPS) is 18.0. The number of sulfonamides is 1. The SMILES string of the molecule is CN(C1CCN(Cc2ccccc2)CC1)S(=O)(=O)CCCF. The molecule has 1 aromatic carbocycles. The molecule has 22 heavy (non-hydrogen) atoms. The van der Waals surface area contributed by atoms with Crippen LogP contribution in [0.15, 0.2) is 30.3 Å². The van der Waals surface area contributed by atoms with Crippen molar-refractivity contribution < 1.29 is 12.8 Å². The molecule has 124 valence electrons. The molecule has 0 atom stereocenters. The van der Waals surface area contributed by atoms with Crippen LogP contribution in [0.5, 0.6) is 0 Å². The zero-order valence-electron chi connectivity index (χ0n) is 13.1. The van der Waals surface area contributed by atoms with Crippen molar-refractivity contribution >= 4 is 10.0 Å². The first-order valence-electron chi connectivity index (χ1n) is 7.81. The molecule has 0 spiro atoms. The van der Waals surface area contributed by atoms with Crippen molar-refractivity contribution in [2.45, 2.75) is 31.8 Å². The topological polar surface area (TPSA) is 40.6 Å². The van der Waals surface area contributed by atoms with Gasteiger partial charge in [-0.25, -0.2) is 12.7 Å². The van der Waals surface area contributed by atoms with E-state index >= 15 is 0 Å². The largest absolute Gasteiger partial charge is 0.299 e. The summed E-state index contributed by atoms with van der Waals surface area (Å²) < 4.78 is 37.9. The minimum Gasteiger partial charge on any atom is -0.299 e. The molecule has 0 radical (unpaired) electrons. The van der Waals surface area contributed by atoms with Crippen LogP contribution in [0.3, 0.4) is 0 Å². The van der Waals surface area contributed by atoms with Crippen LogP contribution in [-0.2, 0) is 16.6 Å². The van der Waals surface area contributed by atoms with Crippen LogP contribution < -0.4 is 0 Å². The van der Waals surface area contributed by atoms with Gasteiger partial charge in [0.15, 0.2) is 0 Å². The fraction of sp³-hybridized carbons (Fsp3) is 0.625. The highest BCUT2D eigenvalue weighted by Gasteiger charge is 2.29. The Morgan fingerprint density at radius 2 is 1.86 bits per heavy atom. The molecule has 2 rings (SSSR count). The van der Waals surface area contributed by atoms with Crippen LogP contribution in [0.1, 0.15) is 24.8 Å². The van der Waals surface area contributed by atoms with Gasteiger partial charge in [0.1, 0.15) is 0 Å². The highest BCUT2D eigenvalue weighted by Crippen LogP contribution is 2.20. The van der Waals surface area contributed by atoms with Gasteiger partial charge >= 0.3 is 0 Å². The Morgan fingerprint density at radius 3 is 2.45 bits per heavy atom. The van der Waals surface area contributed by atoms with E-state index in [0.717, 1.165) is 32.5 Å². The van der Waals surface area contributed by atoms with Gasteiger partial charge in [-0.1, -0.05) is 30.3 Å². The maximum Gasteiger partial charge on any atom is 0.214 e. The van der Waals surface area contributed by atoms with Crippen molar-refractivity contribution in [3.8, 4) is 0 Å². The van der Waals surface area contributed by atoms with Gasteiger partial charge in [-0.2, -0.15) is 0 Å². The Hall–Kier alpha value is -0.980. The second-order valence-electron chi connectivity index (χ2n) is 5.87. The zero-order valence-corrected chi connectivity index (χ0v) is 13.9. The number of piperidine rings is 1. The van der Waals surface area contributed by atoms with Crippen molar-refractivity contribution in [1.82, 2.24) is 9.21 Å². The first-order chi connectivity index (χ1) is 10.5. The molecule has 4 nitrogen and oxygen atoms in total. The van der Waals surface area contributed by atoms with Gasteiger partial charge < -0.3 is 0 Å². The second-order valence-corrected chi connectivity index (χ2v) is 8.02. The molecule has 6 heteroatoms. The van der Waals surface area contributed by atoms with Crippen molar-refractivity contribution in [3.63, 3.8) is 0 Å². The lowest BCUT2D eigenvalue weighted by Crippen LogP contribution is -2.45. The number of hydrogen-bond donors (Lipinski definition) is 0. The van der Waals surface area contributed by atoms with Gasteiger partial charge in [-0.05, 0) is 24.8 Å². The van der Waals surface area contributed by atoms with Crippen LogP contribution in [0.2, 0.25) is 0 Å². The van der Waals surface area contributed by atoms with Crippen molar-refractivity contribution in [1.29, 1.82) is 0 Å². The summed E-state index contributed by atoms with van der Waals surface area (Å²) in [7, 11) is -1.69. The van der Waals surface area contributed by atoms with Crippen molar-refractivity contribution in [2.24, 2.45) is 0 Å². The maximum absolute atomic E-state index is 12.2. The first-order valence-corrected chi connectivity index (χ1v) is 9.42. The highest BCUT2D eigenvalue weighted by molar-refractivity contribution is 7.89. The van der Waals surface area contributed by atoms with E-state index in [0.29, 0.717) is 0 Å². The molecular formula is C16H25FN2O2S. The van der Waals surface area contributed by atoms with E-state index in [2.05, 4.69) is 17.0 Å². The third kappa shape index (κ3) is 4.76. The zero-order chi connectivity index (χ0) is 16.0. The standard InChI is InChI=1S/C16H25FN2O2S/c1-18(22(20,21)13-5-10-17)16-8-11-19(12-9-16)14-15-6-3-2-4-7-15/h2-4,6-7,16H,5,8-14H2,1H3. The van der Waals surface area contributed by atoms with E-state index in [9.17, 15) is 12.8 Å². The lowest BCUT2D eigenvalue weighted by atomic mass is 10.0. The Bertz CT molecular complexity index is 543. The Labute approximate surface area is 133 Å². The predicted molar refractivity (Wildman–Crippen MR) is 86.9 cm³/mol. The molecule has 0 N–H and O–H groups in total. The maximum atomic E-state index is 12.2. The van der Waals surface area contributed by atoms with Gasteiger partial charge in [0, 0.05) is 32.7 Å². The lowest BCUT2D eigenvalue weighted by Gasteiger charge is -2.36. The molecule has 1 aromatic rings. The van der Waals surface area contributed by atoms with E-state index in [1.54, 1.807) is 7.05 Å². The van der Waals surface area contributed by atoms with Crippen LogP contribution in [0.25, 0.3) is 0 Å². The molecule has 1 saturated heterocycles. The molecular weight excluding hydrogens is 303 g/mol. The summed E-state index contributed by atoms with van der Waals surface area (Å²) in [4.78, 5) is 2.36. The van der Waals surface area contributed by atoms with Crippen molar-refractivity contribution in [2.75, 3.05) is 32.6 Å². The summed E-state index contributed by atoms with van der Waals surface area (Å²) >= 11 is 0. The fourth-order valence-electron chi connectivity index (χ4n) is 2.89. The number of rotatable bonds is 7. The average Bonchev–Trinajstić information content (AvgIpc) is 2.54. The van der Waals surface area contributed by atoms with Gasteiger partial charge in [0.2, 0.25) is 10.0 Å². The monoisotopic (exact) mass is 328 g/mol. The van der Waals surface area contributed by atoms with Crippen molar-refractivity contribution in [3.05, 3.63) is 35.9 Å². The highest BCUT2D eigenvalue weighted by atomic mass is 32.2. The molecule has 0 aromatic heterocycles. The molecule has 0 unspecified atom stereocenters. The second kappa shape index (κ2) is 8.04. The summed E-state index contributed by atoms with van der Waals surface area (Å²) in [5.41, 5.74) is 1.28. The number of alkyl halides is 1. The minimum absolute atomic E-state index is 0.0386. The number of likely N-dealkylation sites (tertiary alicyclic amines) is 1. The molecule has 1 aliphatic rings. The predicted octanol–water partition coefficient (Wildman–Crippen LogP) is 2.27.